The van der Waals surface area contributed by atoms with Crippen molar-refractivity contribution in [1.82, 2.24) is 14.8 Å². The topological polar surface area (TPSA) is 66.2 Å². The number of hydrogen-bond donors (Lipinski definition) is 0. The maximum absolute atomic E-state index is 12.5. The fourth-order valence-corrected chi connectivity index (χ4v) is 2.30. The van der Waals surface area contributed by atoms with Gasteiger partial charge in [-0.05, 0) is 25.0 Å². The molecule has 2 rings (SSSR count). The van der Waals surface area contributed by atoms with Gasteiger partial charge < -0.3 is 9.47 Å². The molecule has 0 radical (unpaired) electrons. The second-order valence-corrected chi connectivity index (χ2v) is 6.11. The first-order chi connectivity index (χ1) is 11.5. The number of halogens is 1. The molecule has 0 unspecified atom stereocenters. The molecule has 1 heterocycles. The molecule has 2 aromatic rings. The third-order valence-electron chi connectivity index (χ3n) is 3.15. The minimum Gasteiger partial charge on any atom is -0.460 e. The zero-order chi connectivity index (χ0) is 17.5. The Hall–Kier alpha value is -1.92. The molecule has 0 aliphatic rings. The van der Waals surface area contributed by atoms with E-state index in [0.29, 0.717) is 42.7 Å². The van der Waals surface area contributed by atoms with Crippen molar-refractivity contribution in [1.29, 1.82) is 0 Å². The number of ether oxygens (including phenoxy) is 2. The van der Waals surface area contributed by atoms with Gasteiger partial charge in [0.05, 0.1) is 6.61 Å². The van der Waals surface area contributed by atoms with Gasteiger partial charge in [-0.1, -0.05) is 37.6 Å². The van der Waals surface area contributed by atoms with E-state index in [0.717, 1.165) is 0 Å². The maximum Gasteiger partial charge on any atom is 0.336 e. The summed E-state index contributed by atoms with van der Waals surface area (Å²) in [5.41, 5.74) is 0.715. The van der Waals surface area contributed by atoms with E-state index in [1.54, 1.807) is 18.2 Å². The normalized spacial score (nSPS) is 11.0. The van der Waals surface area contributed by atoms with Gasteiger partial charge in [0.15, 0.2) is 5.82 Å². The Morgan fingerprint density at radius 1 is 1.33 bits per heavy atom. The Balaban J connectivity index is 2.28. The van der Waals surface area contributed by atoms with E-state index in [1.807, 2.05) is 26.8 Å². The summed E-state index contributed by atoms with van der Waals surface area (Å²) in [5.74, 6) is 0.512. The van der Waals surface area contributed by atoms with Crippen molar-refractivity contribution in [3.63, 3.8) is 0 Å². The lowest BCUT2D eigenvalue weighted by atomic mass is 10.1. The molecular weight excluding hydrogens is 330 g/mol. The largest absolute Gasteiger partial charge is 0.460 e. The van der Waals surface area contributed by atoms with E-state index in [-0.39, 0.29) is 17.8 Å². The van der Waals surface area contributed by atoms with Crippen LogP contribution in [0.4, 0.5) is 0 Å². The van der Waals surface area contributed by atoms with Crippen LogP contribution in [0.15, 0.2) is 24.3 Å². The molecule has 6 nitrogen and oxygen atoms in total. The number of hydrogen-bond acceptors (Lipinski definition) is 5. The average Bonchev–Trinajstić information content (AvgIpc) is 2.95. The summed E-state index contributed by atoms with van der Waals surface area (Å²) < 4.78 is 12.0. The molecule has 1 aromatic carbocycles. The number of rotatable bonds is 8. The Morgan fingerprint density at radius 3 is 2.79 bits per heavy atom. The number of nitrogens with zero attached hydrogens (tertiary/aromatic N) is 3. The summed E-state index contributed by atoms with van der Waals surface area (Å²) in [6.07, 6.45) is 0.370. The van der Waals surface area contributed by atoms with Crippen LogP contribution in [0.5, 0.6) is 6.01 Å². The number of benzene rings is 1. The Morgan fingerprint density at radius 2 is 2.12 bits per heavy atom. The van der Waals surface area contributed by atoms with Crippen molar-refractivity contribution in [2.45, 2.75) is 27.2 Å². The van der Waals surface area contributed by atoms with E-state index in [2.05, 4.69) is 10.1 Å². The van der Waals surface area contributed by atoms with Gasteiger partial charge >= 0.3 is 6.01 Å². The molecular formula is C17H22ClN3O3. The van der Waals surface area contributed by atoms with Crippen LogP contribution >= 0.6 is 11.6 Å². The maximum atomic E-state index is 12.5. The van der Waals surface area contributed by atoms with Crippen molar-refractivity contribution < 1.29 is 14.3 Å². The number of carbonyl (C=O) groups is 1. The number of aromatic nitrogens is 3. The van der Waals surface area contributed by atoms with Crippen LogP contribution in [-0.4, -0.2) is 40.5 Å². The highest BCUT2D eigenvalue weighted by atomic mass is 35.5. The average molecular weight is 352 g/mol. The molecule has 0 aliphatic carbocycles. The molecule has 0 aliphatic heterocycles. The molecule has 1 aromatic heterocycles. The monoisotopic (exact) mass is 351 g/mol. The van der Waals surface area contributed by atoms with Gasteiger partial charge in [0.1, 0.15) is 6.61 Å². The van der Waals surface area contributed by atoms with Crippen LogP contribution in [0.2, 0.25) is 5.02 Å². The number of carbonyl (C=O) groups excluding carboxylic acids is 1. The highest BCUT2D eigenvalue weighted by Crippen LogP contribution is 2.23. The molecule has 0 N–H and O–H groups in total. The Bertz CT molecular complexity index is 685. The molecule has 0 saturated carbocycles. The zero-order valence-electron chi connectivity index (χ0n) is 14.2. The van der Waals surface area contributed by atoms with E-state index >= 15 is 0 Å². The third-order valence-corrected chi connectivity index (χ3v) is 3.39. The van der Waals surface area contributed by atoms with Crippen molar-refractivity contribution in [3.05, 3.63) is 29.3 Å². The molecule has 0 fully saturated rings. The van der Waals surface area contributed by atoms with E-state index in [9.17, 15) is 4.79 Å². The smallest absolute Gasteiger partial charge is 0.336 e. The van der Waals surface area contributed by atoms with Gasteiger partial charge in [0, 0.05) is 23.6 Å². The van der Waals surface area contributed by atoms with Gasteiger partial charge in [-0.2, -0.15) is 9.67 Å². The Labute approximate surface area is 146 Å². The molecule has 24 heavy (non-hydrogen) atoms. The van der Waals surface area contributed by atoms with E-state index in [4.69, 9.17) is 21.1 Å². The molecule has 0 saturated heterocycles. The standard InChI is InChI=1S/C17H22ClN3O3/c1-4-23-8-9-24-17-19-16(13-6-5-7-14(18)11-13)21(20-17)15(22)10-12(2)3/h5-7,11-12H,4,8-10H2,1-3H3. The van der Waals surface area contributed by atoms with Crippen molar-refractivity contribution in [2.24, 2.45) is 5.92 Å². The molecule has 130 valence electrons. The highest BCUT2D eigenvalue weighted by molar-refractivity contribution is 6.30. The second-order valence-electron chi connectivity index (χ2n) is 5.68. The Kier molecular flexibility index (Phi) is 6.75. The fraction of sp³-hybridized carbons (Fsp3) is 0.471. The van der Waals surface area contributed by atoms with Crippen LogP contribution < -0.4 is 4.74 Å². The van der Waals surface area contributed by atoms with Gasteiger partial charge in [0.2, 0.25) is 5.91 Å². The van der Waals surface area contributed by atoms with Gasteiger partial charge in [-0.15, -0.1) is 5.10 Å². The van der Waals surface area contributed by atoms with Crippen molar-refractivity contribution in [2.75, 3.05) is 19.8 Å². The molecule has 0 atom stereocenters. The first kappa shape index (κ1) is 18.4. The molecule has 0 spiro atoms. The second kappa shape index (κ2) is 8.80. The predicted molar refractivity (Wildman–Crippen MR) is 92.5 cm³/mol. The SMILES string of the molecule is CCOCCOc1nc(-c2cccc(Cl)c2)n(C(=O)CC(C)C)n1. The summed E-state index contributed by atoms with van der Waals surface area (Å²) in [5, 5.41) is 4.77. The molecule has 7 heteroatoms. The third kappa shape index (κ3) is 5.04. The van der Waals surface area contributed by atoms with E-state index < -0.39 is 0 Å². The first-order valence-corrected chi connectivity index (χ1v) is 8.35. The van der Waals surface area contributed by atoms with Gasteiger partial charge in [-0.25, -0.2) is 0 Å². The molecule has 0 amide bonds. The highest BCUT2D eigenvalue weighted by Gasteiger charge is 2.19. The van der Waals surface area contributed by atoms with Crippen LogP contribution in [0.1, 0.15) is 32.0 Å². The lowest BCUT2D eigenvalue weighted by Gasteiger charge is -2.06. The minimum atomic E-state index is -0.132. The zero-order valence-corrected chi connectivity index (χ0v) is 14.9. The summed E-state index contributed by atoms with van der Waals surface area (Å²) in [4.78, 5) is 16.8. The quantitative estimate of drug-likeness (QED) is 0.678. The minimum absolute atomic E-state index is 0.132. The summed E-state index contributed by atoms with van der Waals surface area (Å²) in [6, 6.07) is 7.30. The van der Waals surface area contributed by atoms with Crippen molar-refractivity contribution in [3.8, 4) is 17.4 Å². The summed E-state index contributed by atoms with van der Waals surface area (Å²) in [6.45, 7) is 7.25. The lowest BCUT2D eigenvalue weighted by molar-refractivity contribution is 0.0866. The van der Waals surface area contributed by atoms with Crippen LogP contribution in [-0.2, 0) is 4.74 Å². The van der Waals surface area contributed by atoms with Gasteiger partial charge in [0.25, 0.3) is 0 Å². The van der Waals surface area contributed by atoms with Crippen molar-refractivity contribution >= 4 is 17.5 Å². The summed E-state index contributed by atoms with van der Waals surface area (Å²) >= 11 is 6.05. The summed E-state index contributed by atoms with van der Waals surface area (Å²) in [7, 11) is 0. The molecule has 0 bridgehead atoms. The van der Waals surface area contributed by atoms with E-state index in [1.165, 1.54) is 4.68 Å². The fourth-order valence-electron chi connectivity index (χ4n) is 2.11. The first-order valence-electron chi connectivity index (χ1n) is 7.98. The predicted octanol–water partition coefficient (Wildman–Crippen LogP) is 3.70. The van der Waals surface area contributed by atoms with Crippen LogP contribution in [0.3, 0.4) is 0 Å². The van der Waals surface area contributed by atoms with Crippen LogP contribution in [0, 0.1) is 5.92 Å². The lowest BCUT2D eigenvalue weighted by Crippen LogP contribution is -2.16. The van der Waals surface area contributed by atoms with Crippen LogP contribution in [0.25, 0.3) is 11.4 Å². The van der Waals surface area contributed by atoms with Gasteiger partial charge in [-0.3, -0.25) is 4.79 Å².